The molecule has 0 spiro atoms. The Labute approximate surface area is 112 Å². The fourth-order valence-corrected chi connectivity index (χ4v) is 2.17. The molecule has 1 heterocycles. The Bertz CT molecular complexity index is 592. The van der Waals surface area contributed by atoms with Crippen LogP contribution in [-0.4, -0.2) is 14.8 Å². The van der Waals surface area contributed by atoms with Crippen molar-refractivity contribution in [3.63, 3.8) is 0 Å². The molecule has 0 bridgehead atoms. The molecule has 1 aromatic carbocycles. The van der Waals surface area contributed by atoms with Gasteiger partial charge in [0.2, 0.25) is 0 Å². The predicted octanol–water partition coefficient (Wildman–Crippen LogP) is 1.57. The van der Waals surface area contributed by atoms with Crippen LogP contribution in [0.5, 0.6) is 0 Å². The van der Waals surface area contributed by atoms with Gasteiger partial charge in [0, 0.05) is 18.0 Å². The molecule has 19 heavy (non-hydrogen) atoms. The fourth-order valence-electron chi connectivity index (χ4n) is 2.17. The maximum atomic E-state index is 11.8. The Morgan fingerprint density at radius 3 is 2.53 bits per heavy atom. The number of aromatic amines is 1. The largest absolute Gasteiger partial charge is 0.343 e. The lowest BCUT2D eigenvalue weighted by atomic mass is 10.0. The number of nitrogens with one attached hydrogen (secondary N) is 1. The molecule has 1 unspecified atom stereocenters. The van der Waals surface area contributed by atoms with Gasteiger partial charge in [0.05, 0.1) is 0 Å². The summed E-state index contributed by atoms with van der Waals surface area (Å²) in [6, 6.07) is 9.66. The number of nitrogens with two attached hydrogens (primary N) is 1. The maximum absolute atomic E-state index is 11.8. The van der Waals surface area contributed by atoms with Gasteiger partial charge in [-0.1, -0.05) is 30.3 Å². The van der Waals surface area contributed by atoms with Crippen LogP contribution in [0.15, 0.2) is 35.1 Å². The van der Waals surface area contributed by atoms with Crippen molar-refractivity contribution in [1.82, 2.24) is 14.8 Å². The Kier molecular flexibility index (Phi) is 3.57. The molecular formula is C14H20N4O. The third-order valence-corrected chi connectivity index (χ3v) is 3.04. The molecule has 102 valence electrons. The van der Waals surface area contributed by atoms with Crippen LogP contribution < -0.4 is 11.4 Å². The molecule has 1 aromatic heterocycles. The molecule has 0 radical (unpaired) electrons. The lowest BCUT2D eigenvalue weighted by Gasteiger charge is -2.22. The van der Waals surface area contributed by atoms with Crippen LogP contribution in [0.4, 0.5) is 0 Å². The van der Waals surface area contributed by atoms with Crippen LogP contribution in [0, 0.1) is 0 Å². The summed E-state index contributed by atoms with van der Waals surface area (Å²) in [5, 5.41) is 6.60. The zero-order chi connectivity index (χ0) is 14.0. The van der Waals surface area contributed by atoms with Crippen LogP contribution in [0.1, 0.15) is 38.2 Å². The van der Waals surface area contributed by atoms with Crippen LogP contribution in [0.2, 0.25) is 0 Å². The van der Waals surface area contributed by atoms with Crippen molar-refractivity contribution in [3.05, 3.63) is 52.2 Å². The quantitative estimate of drug-likeness (QED) is 0.879. The summed E-state index contributed by atoms with van der Waals surface area (Å²) in [5.41, 5.74) is 6.72. The molecule has 0 aliphatic carbocycles. The topological polar surface area (TPSA) is 76.7 Å². The average Bonchev–Trinajstić information content (AvgIpc) is 2.71. The second-order valence-electron chi connectivity index (χ2n) is 5.67. The van der Waals surface area contributed by atoms with Gasteiger partial charge < -0.3 is 5.73 Å². The van der Waals surface area contributed by atoms with E-state index in [4.69, 9.17) is 5.73 Å². The fraction of sp³-hybridized carbons (Fsp3) is 0.429. The standard InChI is InChI=1S/C14H20N4O/c1-14(2,3)18-12(16-17-13(18)19)9-11(15)10-7-5-4-6-8-10/h4-8,11H,9,15H2,1-3H3,(H,17,19). The van der Waals surface area contributed by atoms with E-state index in [0.29, 0.717) is 12.2 Å². The van der Waals surface area contributed by atoms with Gasteiger partial charge in [0.25, 0.3) is 0 Å². The van der Waals surface area contributed by atoms with Crippen molar-refractivity contribution in [3.8, 4) is 0 Å². The van der Waals surface area contributed by atoms with Crippen molar-refractivity contribution in [2.45, 2.75) is 38.8 Å². The van der Waals surface area contributed by atoms with Crippen molar-refractivity contribution < 1.29 is 0 Å². The molecule has 2 rings (SSSR count). The first-order chi connectivity index (χ1) is 8.89. The highest BCUT2D eigenvalue weighted by molar-refractivity contribution is 5.19. The second-order valence-corrected chi connectivity index (χ2v) is 5.67. The minimum absolute atomic E-state index is 0.169. The smallest absolute Gasteiger partial charge is 0.324 e. The van der Waals surface area contributed by atoms with Gasteiger partial charge in [0.15, 0.2) is 0 Å². The van der Waals surface area contributed by atoms with E-state index in [-0.39, 0.29) is 17.3 Å². The zero-order valence-electron chi connectivity index (χ0n) is 11.6. The second kappa shape index (κ2) is 5.01. The highest BCUT2D eigenvalue weighted by Gasteiger charge is 2.22. The Morgan fingerprint density at radius 1 is 1.32 bits per heavy atom. The molecule has 0 saturated heterocycles. The number of hydrogen-bond donors (Lipinski definition) is 2. The number of benzene rings is 1. The van der Waals surface area contributed by atoms with E-state index >= 15 is 0 Å². The third-order valence-electron chi connectivity index (χ3n) is 3.04. The van der Waals surface area contributed by atoms with E-state index in [2.05, 4.69) is 10.2 Å². The first kappa shape index (κ1) is 13.5. The molecule has 0 aliphatic heterocycles. The first-order valence-electron chi connectivity index (χ1n) is 6.37. The number of aromatic nitrogens is 3. The summed E-state index contributed by atoms with van der Waals surface area (Å²) in [5.74, 6) is 0.689. The molecule has 5 nitrogen and oxygen atoms in total. The number of nitrogens with zero attached hydrogens (tertiary/aromatic N) is 2. The molecule has 3 N–H and O–H groups in total. The number of hydrogen-bond acceptors (Lipinski definition) is 3. The van der Waals surface area contributed by atoms with Gasteiger partial charge in [-0.2, -0.15) is 5.10 Å². The Hall–Kier alpha value is -1.88. The highest BCUT2D eigenvalue weighted by Crippen LogP contribution is 2.18. The van der Waals surface area contributed by atoms with Crippen LogP contribution in [0.25, 0.3) is 0 Å². The van der Waals surface area contributed by atoms with Gasteiger partial charge in [-0.25, -0.2) is 9.89 Å². The molecule has 0 fully saturated rings. The van der Waals surface area contributed by atoms with E-state index in [0.717, 1.165) is 5.56 Å². The van der Waals surface area contributed by atoms with Gasteiger partial charge in [-0.05, 0) is 26.3 Å². The van der Waals surface area contributed by atoms with E-state index in [9.17, 15) is 4.79 Å². The minimum atomic E-state index is -0.310. The van der Waals surface area contributed by atoms with Crippen LogP contribution >= 0.6 is 0 Å². The van der Waals surface area contributed by atoms with Crippen molar-refractivity contribution in [2.24, 2.45) is 5.73 Å². The van der Waals surface area contributed by atoms with Gasteiger partial charge >= 0.3 is 5.69 Å². The normalized spacial score (nSPS) is 13.5. The third kappa shape index (κ3) is 2.93. The monoisotopic (exact) mass is 260 g/mol. The minimum Gasteiger partial charge on any atom is -0.324 e. The van der Waals surface area contributed by atoms with E-state index < -0.39 is 0 Å². The summed E-state index contributed by atoms with van der Waals surface area (Å²) in [7, 11) is 0. The van der Waals surface area contributed by atoms with E-state index in [1.165, 1.54) is 0 Å². The highest BCUT2D eigenvalue weighted by atomic mass is 16.1. The molecule has 1 atom stereocenters. The van der Waals surface area contributed by atoms with Crippen LogP contribution in [-0.2, 0) is 12.0 Å². The molecule has 2 aromatic rings. The summed E-state index contributed by atoms with van der Waals surface area (Å²) >= 11 is 0. The predicted molar refractivity (Wildman–Crippen MR) is 74.9 cm³/mol. The van der Waals surface area contributed by atoms with E-state index in [1.54, 1.807) is 4.57 Å². The lowest BCUT2D eigenvalue weighted by Crippen LogP contribution is -2.34. The Balaban J connectivity index is 2.28. The molecule has 0 amide bonds. The summed E-state index contributed by atoms with van der Waals surface area (Å²) in [6.45, 7) is 5.92. The first-order valence-corrected chi connectivity index (χ1v) is 6.37. The van der Waals surface area contributed by atoms with Crippen molar-refractivity contribution in [1.29, 1.82) is 0 Å². The zero-order valence-corrected chi connectivity index (χ0v) is 11.6. The molecular weight excluding hydrogens is 240 g/mol. The van der Waals surface area contributed by atoms with Gasteiger partial charge in [-0.15, -0.1) is 0 Å². The van der Waals surface area contributed by atoms with Crippen LogP contribution in [0.3, 0.4) is 0 Å². The maximum Gasteiger partial charge on any atom is 0.343 e. The molecule has 0 saturated carbocycles. The summed E-state index contributed by atoms with van der Waals surface area (Å²) in [4.78, 5) is 11.8. The lowest BCUT2D eigenvalue weighted by molar-refractivity contribution is 0.368. The molecule has 0 aliphatic rings. The summed E-state index contributed by atoms with van der Waals surface area (Å²) < 4.78 is 1.66. The van der Waals surface area contributed by atoms with Gasteiger partial charge in [-0.3, -0.25) is 4.57 Å². The molecule has 5 heteroatoms. The average molecular weight is 260 g/mol. The summed E-state index contributed by atoms with van der Waals surface area (Å²) in [6.07, 6.45) is 0.528. The number of H-pyrrole nitrogens is 1. The Morgan fingerprint density at radius 2 is 1.95 bits per heavy atom. The van der Waals surface area contributed by atoms with E-state index in [1.807, 2.05) is 51.1 Å². The SMILES string of the molecule is CC(C)(C)n1c(CC(N)c2ccccc2)n[nH]c1=O. The van der Waals surface area contributed by atoms with Gasteiger partial charge in [0.1, 0.15) is 5.82 Å². The number of rotatable bonds is 3. The van der Waals surface area contributed by atoms with Crippen molar-refractivity contribution in [2.75, 3.05) is 0 Å². The van der Waals surface area contributed by atoms with Crippen molar-refractivity contribution >= 4 is 0 Å².